The van der Waals surface area contributed by atoms with E-state index in [-0.39, 0.29) is 17.8 Å². The van der Waals surface area contributed by atoms with Gasteiger partial charge in [-0.25, -0.2) is 4.99 Å². The first-order valence-electron chi connectivity index (χ1n) is 7.73. The maximum atomic E-state index is 11.8. The number of nitrogens with zero attached hydrogens (tertiary/aromatic N) is 3. The first-order valence-corrected chi connectivity index (χ1v) is 8.11. The molecule has 1 aromatic rings. The number of hydrogen-bond acceptors (Lipinski definition) is 6. The van der Waals surface area contributed by atoms with Gasteiger partial charge in [0, 0.05) is 7.05 Å². The number of ether oxygens (including phenoxy) is 1. The van der Waals surface area contributed by atoms with Crippen LogP contribution in [-0.2, 0) is 20.8 Å². The molecule has 0 saturated heterocycles. The summed E-state index contributed by atoms with van der Waals surface area (Å²) in [7, 11) is 1.77. The Morgan fingerprint density at radius 1 is 1.50 bits per heavy atom. The van der Waals surface area contributed by atoms with Crippen molar-refractivity contribution in [3.63, 3.8) is 0 Å². The number of nitrogens with two attached hydrogens (primary N) is 2. The molecule has 24 heavy (non-hydrogen) atoms. The van der Waals surface area contributed by atoms with Crippen LogP contribution in [0.15, 0.2) is 34.4 Å². The van der Waals surface area contributed by atoms with Crippen LogP contribution in [-0.4, -0.2) is 48.9 Å². The van der Waals surface area contributed by atoms with Crippen molar-refractivity contribution in [1.82, 2.24) is 5.01 Å². The Balaban J connectivity index is 1.86. The fourth-order valence-electron chi connectivity index (χ4n) is 3.16. The zero-order chi connectivity index (χ0) is 17.3. The number of amides is 1. The van der Waals surface area contributed by atoms with Crippen LogP contribution in [0.2, 0.25) is 0 Å². The van der Waals surface area contributed by atoms with Gasteiger partial charge in [0.05, 0.1) is 12.6 Å². The Morgan fingerprint density at radius 3 is 2.92 bits per heavy atom. The zero-order valence-corrected chi connectivity index (χ0v) is 14.2. The van der Waals surface area contributed by atoms with Gasteiger partial charge in [0.1, 0.15) is 11.5 Å². The molecule has 0 aliphatic carbocycles. The normalized spacial score (nSPS) is 26.1. The molecular formula is C16H20ClN5O2. The van der Waals surface area contributed by atoms with Gasteiger partial charge in [0.2, 0.25) is 0 Å². The molecule has 2 aliphatic rings. The summed E-state index contributed by atoms with van der Waals surface area (Å²) in [4.78, 5) is 15.0. The maximum Gasteiger partial charge on any atom is 0.282 e. The van der Waals surface area contributed by atoms with Gasteiger partial charge < -0.3 is 16.2 Å². The number of likely N-dealkylation sites (N-methyl/N-ethyl adjacent to an activating group) is 1. The van der Waals surface area contributed by atoms with Crippen molar-refractivity contribution in [3.8, 4) is 0 Å². The monoisotopic (exact) mass is 349 g/mol. The molecule has 2 unspecified atom stereocenters. The van der Waals surface area contributed by atoms with Crippen LogP contribution in [0.25, 0.3) is 0 Å². The summed E-state index contributed by atoms with van der Waals surface area (Å²) < 4.78 is 5.18. The number of benzene rings is 1. The van der Waals surface area contributed by atoms with E-state index in [1.165, 1.54) is 0 Å². The summed E-state index contributed by atoms with van der Waals surface area (Å²) in [6.45, 7) is 0.887. The highest BCUT2D eigenvalue weighted by molar-refractivity contribution is 6.53. The summed E-state index contributed by atoms with van der Waals surface area (Å²) >= 11 is 6.83. The van der Waals surface area contributed by atoms with Crippen molar-refractivity contribution < 1.29 is 9.53 Å². The van der Waals surface area contributed by atoms with Crippen LogP contribution in [0.1, 0.15) is 17.5 Å². The molecule has 0 aromatic heterocycles. The molecule has 128 valence electrons. The van der Waals surface area contributed by atoms with E-state index in [1.54, 1.807) is 12.1 Å². The largest absolute Gasteiger partial charge is 0.463 e. The Bertz CT molecular complexity index is 720. The fraction of sp³-hybridized carbons (Fsp3) is 0.438. The Morgan fingerprint density at radius 2 is 2.25 bits per heavy atom. The summed E-state index contributed by atoms with van der Waals surface area (Å²) in [5.41, 5.74) is 13.1. The first-order chi connectivity index (χ1) is 11.4. The Kier molecular flexibility index (Phi) is 4.36. The van der Waals surface area contributed by atoms with E-state index in [4.69, 9.17) is 27.8 Å². The molecule has 1 aromatic carbocycles. The predicted molar refractivity (Wildman–Crippen MR) is 92.9 cm³/mol. The quantitative estimate of drug-likeness (QED) is 0.757. The van der Waals surface area contributed by atoms with E-state index in [0.29, 0.717) is 13.2 Å². The molecule has 2 heterocycles. The number of primary amides is 1. The molecule has 1 amide bonds. The number of rotatable bonds is 5. The summed E-state index contributed by atoms with van der Waals surface area (Å²) in [6.07, 6.45) is 1.52. The van der Waals surface area contributed by atoms with Crippen molar-refractivity contribution >= 4 is 29.2 Å². The summed E-state index contributed by atoms with van der Waals surface area (Å²) in [5.74, 6) is -0.606. The van der Waals surface area contributed by atoms with Crippen LogP contribution < -0.4 is 11.5 Å². The maximum absolute atomic E-state index is 11.8. The SMILES string of the molecule is CN1CC(Cl)(c2ccccc2CCC2COC(N)=N2)C(C(N)=O)=N1. The van der Waals surface area contributed by atoms with Crippen LogP contribution in [0.4, 0.5) is 0 Å². The average molecular weight is 350 g/mol. The van der Waals surface area contributed by atoms with E-state index in [9.17, 15) is 4.79 Å². The van der Waals surface area contributed by atoms with Gasteiger partial charge in [0.25, 0.3) is 11.9 Å². The minimum atomic E-state index is -1.04. The van der Waals surface area contributed by atoms with Gasteiger partial charge in [-0.05, 0) is 24.0 Å². The van der Waals surface area contributed by atoms with Crippen molar-refractivity contribution in [2.45, 2.75) is 23.8 Å². The lowest BCUT2D eigenvalue weighted by atomic mass is 9.87. The molecule has 4 N–H and O–H groups in total. The van der Waals surface area contributed by atoms with E-state index >= 15 is 0 Å². The number of carbonyl (C=O) groups excluding carboxylic acids is 1. The Hall–Kier alpha value is -2.28. The van der Waals surface area contributed by atoms with Gasteiger partial charge in [0.15, 0.2) is 5.71 Å². The lowest BCUT2D eigenvalue weighted by Gasteiger charge is -2.25. The highest BCUT2D eigenvalue weighted by atomic mass is 35.5. The van der Waals surface area contributed by atoms with Crippen LogP contribution in [0.3, 0.4) is 0 Å². The van der Waals surface area contributed by atoms with E-state index in [1.807, 2.05) is 24.3 Å². The first kappa shape index (κ1) is 16.6. The van der Waals surface area contributed by atoms with Crippen molar-refractivity contribution in [1.29, 1.82) is 0 Å². The predicted octanol–water partition coefficient (Wildman–Crippen LogP) is 0.554. The zero-order valence-electron chi connectivity index (χ0n) is 13.4. The van der Waals surface area contributed by atoms with E-state index in [2.05, 4.69) is 10.1 Å². The van der Waals surface area contributed by atoms with Crippen LogP contribution in [0.5, 0.6) is 0 Å². The Labute approximate surface area is 145 Å². The van der Waals surface area contributed by atoms with Crippen molar-refractivity contribution in [3.05, 3.63) is 35.4 Å². The second-order valence-corrected chi connectivity index (χ2v) is 6.70. The van der Waals surface area contributed by atoms with Gasteiger partial charge in [-0.2, -0.15) is 5.10 Å². The van der Waals surface area contributed by atoms with Gasteiger partial charge in [-0.1, -0.05) is 24.3 Å². The molecule has 8 heteroatoms. The lowest BCUT2D eigenvalue weighted by molar-refractivity contribution is -0.112. The van der Waals surface area contributed by atoms with Crippen molar-refractivity contribution in [2.24, 2.45) is 21.6 Å². The lowest BCUT2D eigenvalue weighted by Crippen LogP contribution is -2.40. The fourth-order valence-corrected chi connectivity index (χ4v) is 3.65. The van der Waals surface area contributed by atoms with Gasteiger partial charge in [-0.15, -0.1) is 11.6 Å². The second-order valence-electron chi connectivity index (χ2n) is 6.06. The molecular weight excluding hydrogens is 330 g/mol. The van der Waals surface area contributed by atoms with E-state index in [0.717, 1.165) is 24.0 Å². The summed E-state index contributed by atoms with van der Waals surface area (Å²) in [6, 6.07) is 8.04. The third kappa shape index (κ3) is 3.03. The highest BCUT2D eigenvalue weighted by Crippen LogP contribution is 2.38. The molecule has 7 nitrogen and oxygen atoms in total. The third-order valence-corrected chi connectivity index (χ3v) is 4.75. The molecule has 0 radical (unpaired) electrons. The molecule has 0 spiro atoms. The van der Waals surface area contributed by atoms with Gasteiger partial charge >= 0.3 is 0 Å². The number of aliphatic imine (C=N–C) groups is 1. The smallest absolute Gasteiger partial charge is 0.282 e. The third-order valence-electron chi connectivity index (χ3n) is 4.25. The number of aryl methyl sites for hydroxylation is 1. The number of hydrogen-bond donors (Lipinski definition) is 2. The highest BCUT2D eigenvalue weighted by Gasteiger charge is 2.45. The minimum Gasteiger partial charge on any atom is -0.463 e. The van der Waals surface area contributed by atoms with E-state index < -0.39 is 10.8 Å². The molecule has 3 rings (SSSR count). The molecule has 0 fully saturated rings. The van der Waals surface area contributed by atoms with Crippen molar-refractivity contribution in [2.75, 3.05) is 20.2 Å². The van der Waals surface area contributed by atoms with Crippen LogP contribution >= 0.6 is 11.6 Å². The number of halogens is 1. The molecule has 2 aliphatic heterocycles. The standard InChI is InChI=1S/C16H20ClN5O2/c1-22-9-16(17,13(21-22)14(18)23)12-5-3-2-4-10(12)6-7-11-8-24-15(19)20-11/h2-5,11H,6-9H2,1H3,(H2,18,23)(H2,19,20). The molecule has 0 bridgehead atoms. The topological polar surface area (TPSA) is 106 Å². The number of alkyl halides is 1. The number of hydrazone groups is 1. The summed E-state index contributed by atoms with van der Waals surface area (Å²) in [5, 5.41) is 5.83. The number of amidine groups is 1. The molecule has 0 saturated carbocycles. The van der Waals surface area contributed by atoms with Gasteiger partial charge in [-0.3, -0.25) is 9.80 Å². The minimum absolute atomic E-state index is 0.0415. The van der Waals surface area contributed by atoms with Crippen LogP contribution in [0, 0.1) is 0 Å². The number of carbonyl (C=O) groups is 1. The molecule has 2 atom stereocenters. The second kappa shape index (κ2) is 6.32. The average Bonchev–Trinajstić information content (AvgIpc) is 3.09.